The van der Waals surface area contributed by atoms with E-state index in [0.717, 1.165) is 41.6 Å². The number of rotatable bonds is 4. The van der Waals surface area contributed by atoms with E-state index < -0.39 is 0 Å². The number of aromatic nitrogens is 5. The predicted octanol–water partition coefficient (Wildman–Crippen LogP) is 2.44. The maximum atomic E-state index is 9.81. The fourth-order valence-electron chi connectivity index (χ4n) is 3.65. The number of aromatic amines is 1. The van der Waals surface area contributed by atoms with Gasteiger partial charge in [-0.1, -0.05) is 0 Å². The Morgan fingerprint density at radius 2 is 2.33 bits per heavy atom. The van der Waals surface area contributed by atoms with Crippen LogP contribution >= 0.6 is 0 Å². The summed E-state index contributed by atoms with van der Waals surface area (Å²) in [5, 5.41) is 24.4. The fraction of sp³-hybridized carbons (Fsp3) is 0.412. The predicted molar refractivity (Wildman–Crippen MR) is 87.7 cm³/mol. The molecule has 3 atom stereocenters. The Hall–Kier alpha value is -2.72. The van der Waals surface area contributed by atoms with Crippen LogP contribution in [0.4, 0.5) is 0 Å². The van der Waals surface area contributed by atoms with Crippen LogP contribution in [0.15, 0.2) is 31.0 Å². The zero-order valence-corrected chi connectivity index (χ0v) is 13.1. The second kappa shape index (κ2) is 6.06. The van der Waals surface area contributed by atoms with Crippen molar-refractivity contribution in [1.29, 1.82) is 5.26 Å². The number of hydrogen-bond acceptors (Lipinski definition) is 5. The molecule has 122 valence electrons. The molecule has 0 spiro atoms. The van der Waals surface area contributed by atoms with E-state index in [0.29, 0.717) is 6.42 Å². The zero-order chi connectivity index (χ0) is 16.5. The molecule has 0 aliphatic heterocycles. The highest BCUT2D eigenvalue weighted by atomic mass is 16.3. The number of hydrogen-bond donors (Lipinski definition) is 2. The molecular weight excluding hydrogens is 304 g/mol. The first-order valence-electron chi connectivity index (χ1n) is 8.14. The standard InChI is InChI=1S/C17H18N6O/c18-5-3-15(11-1-2-13(24)7-11)23-9-12(8-22-23)16-14-4-6-19-17(14)21-10-20-16/h4,6,8-11,13,15,24H,1-3,7H2,(H,19,20,21)/t11-,13-,15?/m0/s1. The van der Waals surface area contributed by atoms with Gasteiger partial charge in [0, 0.05) is 23.3 Å². The number of fused-ring (bicyclic) bond motifs is 1. The van der Waals surface area contributed by atoms with Gasteiger partial charge in [-0.2, -0.15) is 10.4 Å². The third-order valence-corrected chi connectivity index (χ3v) is 4.86. The van der Waals surface area contributed by atoms with Crippen molar-refractivity contribution in [3.63, 3.8) is 0 Å². The summed E-state index contributed by atoms with van der Waals surface area (Å²) in [4.78, 5) is 11.7. The number of nitriles is 1. The minimum Gasteiger partial charge on any atom is -0.393 e. The van der Waals surface area contributed by atoms with E-state index >= 15 is 0 Å². The lowest BCUT2D eigenvalue weighted by molar-refractivity contribution is 0.170. The van der Waals surface area contributed by atoms with E-state index in [1.165, 1.54) is 6.33 Å². The number of aliphatic hydroxyl groups is 1. The van der Waals surface area contributed by atoms with Crippen molar-refractivity contribution in [2.45, 2.75) is 37.8 Å². The van der Waals surface area contributed by atoms with E-state index in [-0.39, 0.29) is 18.1 Å². The van der Waals surface area contributed by atoms with Crippen LogP contribution in [0.5, 0.6) is 0 Å². The van der Waals surface area contributed by atoms with Gasteiger partial charge in [0.05, 0.1) is 36.5 Å². The van der Waals surface area contributed by atoms with Crippen LogP contribution in [0, 0.1) is 17.2 Å². The van der Waals surface area contributed by atoms with Crippen LogP contribution in [0.2, 0.25) is 0 Å². The first-order chi connectivity index (χ1) is 11.8. The summed E-state index contributed by atoms with van der Waals surface area (Å²) >= 11 is 0. The van der Waals surface area contributed by atoms with Crippen molar-refractivity contribution in [2.75, 3.05) is 0 Å². The minimum absolute atomic E-state index is 0.00977. The number of H-pyrrole nitrogens is 1. The molecule has 0 aromatic carbocycles. The highest BCUT2D eigenvalue weighted by Crippen LogP contribution is 2.36. The molecule has 1 aliphatic carbocycles. The number of nitrogens with zero attached hydrogens (tertiary/aromatic N) is 5. The van der Waals surface area contributed by atoms with Crippen molar-refractivity contribution < 1.29 is 5.11 Å². The summed E-state index contributed by atoms with van der Waals surface area (Å²) in [5.74, 6) is 0.282. The molecule has 0 bridgehead atoms. The monoisotopic (exact) mass is 322 g/mol. The lowest BCUT2D eigenvalue weighted by Crippen LogP contribution is -2.18. The van der Waals surface area contributed by atoms with Crippen molar-refractivity contribution >= 4 is 11.0 Å². The van der Waals surface area contributed by atoms with Crippen molar-refractivity contribution in [3.8, 4) is 17.3 Å². The van der Waals surface area contributed by atoms with Gasteiger partial charge in [-0.3, -0.25) is 4.68 Å². The van der Waals surface area contributed by atoms with Crippen LogP contribution in [-0.2, 0) is 0 Å². The second-order valence-electron chi connectivity index (χ2n) is 6.33. The highest BCUT2D eigenvalue weighted by molar-refractivity contribution is 5.89. The minimum atomic E-state index is -0.257. The van der Waals surface area contributed by atoms with Crippen LogP contribution in [0.25, 0.3) is 22.3 Å². The molecule has 1 fully saturated rings. The Morgan fingerprint density at radius 1 is 1.42 bits per heavy atom. The molecule has 1 unspecified atom stereocenters. The van der Waals surface area contributed by atoms with E-state index in [1.54, 1.807) is 6.20 Å². The second-order valence-corrected chi connectivity index (χ2v) is 6.33. The van der Waals surface area contributed by atoms with Crippen LogP contribution < -0.4 is 0 Å². The van der Waals surface area contributed by atoms with Gasteiger partial charge in [0.2, 0.25) is 0 Å². The molecule has 0 saturated heterocycles. The van der Waals surface area contributed by atoms with Crippen LogP contribution in [0.3, 0.4) is 0 Å². The molecular formula is C17H18N6O. The molecule has 3 aromatic rings. The average Bonchev–Trinajstić information content (AvgIpc) is 3.32. The summed E-state index contributed by atoms with van der Waals surface area (Å²) in [6.07, 6.45) is 9.70. The van der Waals surface area contributed by atoms with Gasteiger partial charge in [-0.25, -0.2) is 9.97 Å². The molecule has 3 aromatic heterocycles. The molecule has 0 amide bonds. The van der Waals surface area contributed by atoms with Gasteiger partial charge < -0.3 is 10.1 Å². The lowest BCUT2D eigenvalue weighted by Gasteiger charge is -2.21. The molecule has 0 radical (unpaired) electrons. The Labute approximate surface area is 139 Å². The summed E-state index contributed by atoms with van der Waals surface area (Å²) in [7, 11) is 0. The van der Waals surface area contributed by atoms with E-state index in [1.807, 2.05) is 23.1 Å². The zero-order valence-electron chi connectivity index (χ0n) is 13.1. The van der Waals surface area contributed by atoms with E-state index in [9.17, 15) is 10.4 Å². The quantitative estimate of drug-likeness (QED) is 0.768. The Morgan fingerprint density at radius 3 is 3.12 bits per heavy atom. The van der Waals surface area contributed by atoms with Crippen LogP contribution in [-0.4, -0.2) is 35.9 Å². The van der Waals surface area contributed by atoms with Gasteiger partial charge in [0.25, 0.3) is 0 Å². The molecule has 7 heteroatoms. The van der Waals surface area contributed by atoms with Crippen molar-refractivity contribution in [3.05, 3.63) is 31.0 Å². The fourth-order valence-corrected chi connectivity index (χ4v) is 3.65. The first-order valence-corrected chi connectivity index (χ1v) is 8.14. The molecule has 3 heterocycles. The topological polar surface area (TPSA) is 103 Å². The summed E-state index contributed by atoms with van der Waals surface area (Å²) in [6, 6.07) is 4.20. The van der Waals surface area contributed by atoms with Crippen LogP contribution in [0.1, 0.15) is 31.7 Å². The van der Waals surface area contributed by atoms with E-state index in [4.69, 9.17) is 0 Å². The summed E-state index contributed by atoms with van der Waals surface area (Å²) < 4.78 is 1.86. The maximum absolute atomic E-state index is 9.81. The first kappa shape index (κ1) is 14.8. The Kier molecular flexibility index (Phi) is 3.75. The molecule has 7 nitrogen and oxygen atoms in total. The SMILES string of the molecule is N#CCC([C@H]1CC[C@H](O)C1)n1cc(-c2ncnc3[nH]ccc23)cn1. The third-order valence-electron chi connectivity index (χ3n) is 4.86. The van der Waals surface area contributed by atoms with Gasteiger partial charge in [-0.05, 0) is 31.2 Å². The summed E-state index contributed by atoms with van der Waals surface area (Å²) in [6.45, 7) is 0. The van der Waals surface area contributed by atoms with Gasteiger partial charge >= 0.3 is 0 Å². The van der Waals surface area contributed by atoms with Gasteiger partial charge in [-0.15, -0.1) is 0 Å². The number of nitrogens with one attached hydrogen (secondary N) is 1. The van der Waals surface area contributed by atoms with E-state index in [2.05, 4.69) is 26.1 Å². The van der Waals surface area contributed by atoms with Crippen molar-refractivity contribution in [2.24, 2.45) is 5.92 Å². The molecule has 1 saturated carbocycles. The average molecular weight is 322 g/mol. The lowest BCUT2D eigenvalue weighted by atomic mass is 9.96. The molecule has 24 heavy (non-hydrogen) atoms. The molecule has 4 rings (SSSR count). The van der Waals surface area contributed by atoms with Gasteiger partial charge in [0.1, 0.15) is 12.0 Å². The largest absolute Gasteiger partial charge is 0.393 e. The highest BCUT2D eigenvalue weighted by Gasteiger charge is 2.31. The Balaban J connectivity index is 1.68. The normalized spacial score (nSPS) is 21.8. The smallest absolute Gasteiger partial charge is 0.141 e. The van der Waals surface area contributed by atoms with Crippen molar-refractivity contribution in [1.82, 2.24) is 24.7 Å². The Bertz CT molecular complexity index is 892. The maximum Gasteiger partial charge on any atom is 0.141 e. The summed E-state index contributed by atoms with van der Waals surface area (Å²) in [5.41, 5.74) is 2.53. The number of aliphatic hydroxyl groups excluding tert-OH is 1. The van der Waals surface area contributed by atoms with Gasteiger partial charge in [0.15, 0.2) is 0 Å². The molecule has 1 aliphatic rings. The third kappa shape index (κ3) is 2.55. The molecule has 2 N–H and O–H groups in total.